The molecule has 26 heavy (non-hydrogen) atoms. The first-order chi connectivity index (χ1) is 12.3. The van der Waals surface area contributed by atoms with E-state index in [2.05, 4.69) is 26.0 Å². The molecular weight excluding hydrogens is 430 g/mol. The van der Waals surface area contributed by atoms with Crippen molar-refractivity contribution < 1.29 is 13.0 Å². The van der Waals surface area contributed by atoms with Crippen LogP contribution in [-0.2, 0) is 24.1 Å². The molecule has 1 aliphatic rings. The van der Waals surface area contributed by atoms with Gasteiger partial charge in [-0.3, -0.25) is 9.52 Å². The number of rotatable bonds is 5. The Balaban J connectivity index is 2.15. The number of hydrogen-bond donors (Lipinski definition) is 2. The van der Waals surface area contributed by atoms with Gasteiger partial charge in [-0.15, -0.1) is 0 Å². The molecule has 140 valence electrons. The molecule has 2 aromatic rings. The maximum absolute atomic E-state index is 14.8. The van der Waals surface area contributed by atoms with Gasteiger partial charge in [0.2, 0.25) is 5.82 Å². The lowest BCUT2D eigenvalue weighted by Crippen LogP contribution is -2.28. The minimum absolute atomic E-state index is 0.00753. The molecule has 1 aromatic heterocycles. The van der Waals surface area contributed by atoms with Crippen molar-refractivity contribution in [2.24, 2.45) is 0 Å². The third-order valence-electron chi connectivity index (χ3n) is 4.02. The number of nitrogens with zero attached hydrogens (tertiary/aromatic N) is 2. The van der Waals surface area contributed by atoms with E-state index >= 15 is 0 Å². The van der Waals surface area contributed by atoms with Crippen LogP contribution in [0.2, 0.25) is 0 Å². The Morgan fingerprint density at radius 2 is 2.00 bits per heavy atom. The van der Waals surface area contributed by atoms with Gasteiger partial charge >= 0.3 is 0 Å². The number of fused-ring (bicyclic) bond motifs is 1. The Kier molecular flexibility index (Phi) is 5.44. The summed E-state index contributed by atoms with van der Waals surface area (Å²) in [5.41, 5.74) is -0.230. The van der Waals surface area contributed by atoms with Crippen LogP contribution in [-0.4, -0.2) is 27.2 Å². The molecule has 0 aliphatic carbocycles. The molecule has 2 heterocycles. The van der Waals surface area contributed by atoms with Crippen molar-refractivity contribution in [2.45, 2.75) is 19.4 Å². The molecule has 1 aromatic carbocycles. The lowest BCUT2D eigenvalue weighted by molar-refractivity contribution is 0.581. The van der Waals surface area contributed by atoms with Gasteiger partial charge in [-0.25, -0.2) is 12.9 Å². The lowest BCUT2D eigenvalue weighted by Gasteiger charge is -2.20. The van der Waals surface area contributed by atoms with E-state index in [0.29, 0.717) is 29.6 Å². The van der Waals surface area contributed by atoms with Gasteiger partial charge in [-0.05, 0) is 31.0 Å². The summed E-state index contributed by atoms with van der Waals surface area (Å²) in [6, 6.07) is 4.25. The molecule has 0 radical (unpaired) electrons. The highest BCUT2D eigenvalue weighted by Gasteiger charge is 2.27. The quantitative estimate of drug-likeness (QED) is 0.741. The number of nitrogens with one attached hydrogen (secondary N) is 2. The monoisotopic (exact) mass is 446 g/mol. The molecule has 0 fully saturated rings. The highest BCUT2D eigenvalue weighted by atomic mass is 79.9. The van der Waals surface area contributed by atoms with E-state index in [9.17, 15) is 17.8 Å². The number of anilines is 3. The molecule has 0 saturated carbocycles. The van der Waals surface area contributed by atoms with Gasteiger partial charge in [0.25, 0.3) is 5.56 Å². The van der Waals surface area contributed by atoms with Crippen LogP contribution in [0.15, 0.2) is 27.5 Å². The van der Waals surface area contributed by atoms with Crippen molar-refractivity contribution in [1.29, 1.82) is 0 Å². The van der Waals surface area contributed by atoms with Gasteiger partial charge < -0.3 is 9.88 Å². The average molecular weight is 447 g/mol. The van der Waals surface area contributed by atoms with Crippen LogP contribution in [0.5, 0.6) is 0 Å². The summed E-state index contributed by atoms with van der Waals surface area (Å²) >= 11 is 1.51. The fraction of sp³-hybridized carbons (Fsp3) is 0.312. The second-order valence-electron chi connectivity index (χ2n) is 5.98. The predicted octanol–water partition coefficient (Wildman–Crippen LogP) is 3.13. The van der Waals surface area contributed by atoms with Gasteiger partial charge in [-0.1, -0.05) is 15.9 Å². The fourth-order valence-electron chi connectivity index (χ4n) is 2.77. The zero-order valence-corrected chi connectivity index (χ0v) is 16.5. The van der Waals surface area contributed by atoms with E-state index in [-0.39, 0.29) is 17.1 Å². The maximum Gasteiger partial charge on any atom is 0.289 e. The van der Waals surface area contributed by atoms with E-state index in [1.165, 1.54) is 21.0 Å². The van der Waals surface area contributed by atoms with Crippen LogP contribution in [0.3, 0.4) is 0 Å². The zero-order chi connectivity index (χ0) is 19.0. The summed E-state index contributed by atoms with van der Waals surface area (Å²) in [5, 5.41) is 2.65. The molecule has 3 rings (SSSR count). The summed E-state index contributed by atoms with van der Waals surface area (Å²) in [7, 11) is 3.19. The van der Waals surface area contributed by atoms with Crippen LogP contribution in [0.1, 0.15) is 12.1 Å². The third-order valence-corrected chi connectivity index (χ3v) is 5.56. The normalized spacial score (nSPS) is 14.4. The van der Waals surface area contributed by atoms with Crippen LogP contribution in [0.25, 0.3) is 0 Å². The van der Waals surface area contributed by atoms with Crippen molar-refractivity contribution >= 4 is 44.2 Å². The standard InChI is InChI=1S/C16H17BrF2N4O2S/c1-22(2)26(25)21-14-12-4-3-7-23(12)16(24)13(19)15(14)20-11-6-5-9(17)8-10(11)18/h5-6,8,20-21H,3-4,7H2,1-2H3. The van der Waals surface area contributed by atoms with E-state index in [1.807, 2.05) is 0 Å². The van der Waals surface area contributed by atoms with E-state index in [4.69, 9.17) is 0 Å². The largest absolute Gasteiger partial charge is 0.349 e. The molecule has 1 atom stereocenters. The molecular formula is C16H17BrF2N4O2S. The minimum atomic E-state index is -1.65. The number of aromatic nitrogens is 1. The molecule has 1 unspecified atom stereocenters. The molecule has 0 amide bonds. The topological polar surface area (TPSA) is 66.4 Å². The second kappa shape index (κ2) is 7.45. The molecule has 0 spiro atoms. The molecule has 0 bridgehead atoms. The minimum Gasteiger partial charge on any atom is -0.349 e. The molecule has 0 saturated heterocycles. The van der Waals surface area contributed by atoms with Gasteiger partial charge in [0.1, 0.15) is 11.5 Å². The number of halogens is 3. The predicted molar refractivity (Wildman–Crippen MR) is 102 cm³/mol. The van der Waals surface area contributed by atoms with Crippen LogP contribution in [0, 0.1) is 11.6 Å². The zero-order valence-electron chi connectivity index (χ0n) is 14.1. The van der Waals surface area contributed by atoms with Crippen LogP contribution < -0.4 is 15.6 Å². The van der Waals surface area contributed by atoms with Crippen LogP contribution in [0.4, 0.5) is 25.8 Å². The Labute approximate surface area is 160 Å². The van der Waals surface area contributed by atoms with E-state index in [0.717, 1.165) is 0 Å². The van der Waals surface area contributed by atoms with Crippen molar-refractivity contribution in [3.8, 4) is 0 Å². The van der Waals surface area contributed by atoms with Gasteiger partial charge in [0.15, 0.2) is 11.2 Å². The molecule has 1 aliphatic heterocycles. The fourth-order valence-corrected chi connectivity index (χ4v) is 3.68. The van der Waals surface area contributed by atoms with Crippen molar-refractivity contribution in [1.82, 2.24) is 8.87 Å². The molecule has 10 heteroatoms. The highest BCUT2D eigenvalue weighted by Crippen LogP contribution is 2.34. The summed E-state index contributed by atoms with van der Waals surface area (Å²) < 4.78 is 47.2. The summed E-state index contributed by atoms with van der Waals surface area (Å²) in [5.74, 6) is -1.66. The number of benzene rings is 1. The lowest BCUT2D eigenvalue weighted by atomic mass is 10.2. The number of hydrogen-bond acceptors (Lipinski definition) is 3. The summed E-state index contributed by atoms with van der Waals surface area (Å²) in [4.78, 5) is 12.3. The van der Waals surface area contributed by atoms with Crippen molar-refractivity contribution in [3.05, 3.63) is 50.4 Å². The Bertz CT molecular complexity index is 949. The smallest absolute Gasteiger partial charge is 0.289 e. The Hall–Kier alpha value is -1.78. The first-order valence-electron chi connectivity index (χ1n) is 7.82. The van der Waals surface area contributed by atoms with E-state index < -0.39 is 28.4 Å². The van der Waals surface area contributed by atoms with E-state index in [1.54, 1.807) is 20.2 Å². The van der Waals surface area contributed by atoms with Crippen LogP contribution >= 0.6 is 15.9 Å². The number of pyridine rings is 1. The van der Waals surface area contributed by atoms with Gasteiger partial charge in [0.05, 0.1) is 11.4 Å². The second-order valence-corrected chi connectivity index (χ2v) is 8.33. The van der Waals surface area contributed by atoms with Crippen molar-refractivity contribution in [2.75, 3.05) is 24.1 Å². The Morgan fingerprint density at radius 1 is 1.27 bits per heavy atom. The average Bonchev–Trinajstić information content (AvgIpc) is 3.07. The Morgan fingerprint density at radius 3 is 2.65 bits per heavy atom. The van der Waals surface area contributed by atoms with Crippen molar-refractivity contribution in [3.63, 3.8) is 0 Å². The third kappa shape index (κ3) is 3.53. The summed E-state index contributed by atoms with van der Waals surface area (Å²) in [6.45, 7) is 0.390. The molecule has 6 nitrogen and oxygen atoms in total. The summed E-state index contributed by atoms with van der Waals surface area (Å²) in [6.07, 6.45) is 1.20. The SMILES string of the molecule is CN(C)S(=O)Nc1c(Nc2ccc(Br)cc2F)c(F)c(=O)n2c1CCC2. The first kappa shape index (κ1) is 19.0. The highest BCUT2D eigenvalue weighted by molar-refractivity contribution is 9.10. The van der Waals surface area contributed by atoms with Gasteiger partial charge in [0, 0.05) is 30.8 Å². The van der Waals surface area contributed by atoms with Gasteiger partial charge in [-0.2, -0.15) is 4.39 Å². The first-order valence-corrected chi connectivity index (χ1v) is 9.72. The molecule has 2 N–H and O–H groups in total. The maximum atomic E-state index is 14.8.